The van der Waals surface area contributed by atoms with Crippen molar-refractivity contribution in [2.75, 3.05) is 19.6 Å². The van der Waals surface area contributed by atoms with E-state index in [1.165, 1.54) is 19.3 Å². The molecule has 3 N–H and O–H groups in total. The molecular formula is C33H49N3O6. The van der Waals surface area contributed by atoms with Crippen LogP contribution in [0.3, 0.4) is 0 Å². The summed E-state index contributed by atoms with van der Waals surface area (Å²) in [5.41, 5.74) is -1.02. The Morgan fingerprint density at radius 1 is 1.14 bits per heavy atom. The van der Waals surface area contributed by atoms with E-state index in [1.807, 2.05) is 4.90 Å². The van der Waals surface area contributed by atoms with Gasteiger partial charge < -0.3 is 29.8 Å². The van der Waals surface area contributed by atoms with Gasteiger partial charge in [-0.2, -0.15) is 0 Å². The van der Waals surface area contributed by atoms with Crippen LogP contribution in [0.1, 0.15) is 97.0 Å². The van der Waals surface area contributed by atoms with E-state index >= 15 is 0 Å². The standard InChI is InChI=1S/C33H49N3O6/c1-20-18-34-14-5-15-36(20)30(39)35-24-10-12-31(3)23(16-24)7-8-26-25(31)11-13-32(4)29(22-6-9-28(38)41-19-22)27(42-21(2)37)17-33(26,32)40/h6,9,19-20,23-27,29,34,40H,5,7-8,10-18H2,1-4H3,(H,35,39)/t20?,23-,24+,25+,26-,27+,29+,31+,32-,33+/m1/s1. The van der Waals surface area contributed by atoms with Crippen molar-refractivity contribution < 1.29 is 23.8 Å². The molecule has 1 aromatic heterocycles. The molecule has 2 amide bonds. The Bertz CT molecular complexity index is 1230. The molecule has 0 spiro atoms. The molecule has 1 aliphatic heterocycles. The van der Waals surface area contributed by atoms with Gasteiger partial charge in [-0.1, -0.05) is 13.8 Å². The van der Waals surface area contributed by atoms with Crippen LogP contribution in [0.15, 0.2) is 27.6 Å². The summed E-state index contributed by atoms with van der Waals surface area (Å²) in [4.78, 5) is 39.2. The molecule has 4 saturated carbocycles. The van der Waals surface area contributed by atoms with Crippen molar-refractivity contribution in [3.63, 3.8) is 0 Å². The lowest BCUT2D eigenvalue weighted by Gasteiger charge is -2.63. The molecule has 0 radical (unpaired) electrons. The number of hydrogen-bond acceptors (Lipinski definition) is 7. The normalized spacial score (nSPS) is 43.4. The fourth-order valence-electron chi connectivity index (χ4n) is 10.4. The number of rotatable bonds is 3. The monoisotopic (exact) mass is 583 g/mol. The Balaban J connectivity index is 1.21. The number of nitrogens with zero attached hydrogens (tertiary/aromatic N) is 1. The first-order valence-electron chi connectivity index (χ1n) is 16.2. The number of ether oxygens (including phenoxy) is 1. The fourth-order valence-corrected chi connectivity index (χ4v) is 10.4. The molecule has 2 heterocycles. The van der Waals surface area contributed by atoms with Crippen molar-refractivity contribution in [1.82, 2.24) is 15.5 Å². The van der Waals surface area contributed by atoms with Crippen molar-refractivity contribution in [1.29, 1.82) is 0 Å². The van der Waals surface area contributed by atoms with Crippen LogP contribution in [0.2, 0.25) is 0 Å². The van der Waals surface area contributed by atoms with Crippen LogP contribution in [0.5, 0.6) is 0 Å². The van der Waals surface area contributed by atoms with Crippen molar-refractivity contribution in [2.45, 2.75) is 115 Å². The largest absolute Gasteiger partial charge is 0.462 e. The zero-order chi connectivity index (χ0) is 29.9. The molecule has 42 heavy (non-hydrogen) atoms. The van der Waals surface area contributed by atoms with Crippen LogP contribution < -0.4 is 16.3 Å². The van der Waals surface area contributed by atoms with Gasteiger partial charge in [-0.15, -0.1) is 0 Å². The Hall–Kier alpha value is -2.39. The molecule has 6 rings (SSSR count). The molecule has 1 aromatic rings. The lowest BCUT2D eigenvalue weighted by Crippen LogP contribution is -2.62. The molecule has 232 valence electrons. The molecule has 5 fully saturated rings. The third-order valence-corrected chi connectivity index (χ3v) is 12.6. The summed E-state index contributed by atoms with van der Waals surface area (Å²) in [6.07, 6.45) is 9.15. The van der Waals surface area contributed by atoms with Crippen LogP contribution in [0.25, 0.3) is 0 Å². The van der Waals surface area contributed by atoms with E-state index in [-0.39, 0.29) is 41.3 Å². The van der Waals surface area contributed by atoms with Gasteiger partial charge in [0.1, 0.15) is 6.10 Å². The number of aliphatic hydroxyl groups is 1. The molecule has 9 nitrogen and oxygen atoms in total. The second-order valence-corrected chi connectivity index (χ2v) is 14.6. The zero-order valence-corrected chi connectivity index (χ0v) is 25.7. The van der Waals surface area contributed by atoms with Crippen LogP contribution in [0, 0.1) is 28.6 Å². The highest BCUT2D eigenvalue weighted by Crippen LogP contribution is 2.70. The summed E-state index contributed by atoms with van der Waals surface area (Å²) in [6.45, 7) is 10.7. The van der Waals surface area contributed by atoms with Crippen molar-refractivity contribution in [2.24, 2.45) is 28.6 Å². The molecule has 4 aliphatic carbocycles. The van der Waals surface area contributed by atoms with Crippen LogP contribution in [0.4, 0.5) is 4.79 Å². The van der Waals surface area contributed by atoms with Gasteiger partial charge in [0.05, 0.1) is 11.9 Å². The van der Waals surface area contributed by atoms with Crippen LogP contribution in [-0.2, 0) is 9.53 Å². The van der Waals surface area contributed by atoms with E-state index in [0.29, 0.717) is 18.3 Å². The smallest absolute Gasteiger partial charge is 0.335 e. The topological polar surface area (TPSA) is 121 Å². The summed E-state index contributed by atoms with van der Waals surface area (Å²) < 4.78 is 11.1. The third kappa shape index (κ3) is 4.79. The first kappa shape index (κ1) is 29.7. The predicted octanol–water partition coefficient (Wildman–Crippen LogP) is 4.18. The highest BCUT2D eigenvalue weighted by molar-refractivity contribution is 5.75. The number of fused-ring (bicyclic) bond motifs is 5. The summed E-state index contributed by atoms with van der Waals surface area (Å²) in [5, 5.41) is 19.6. The van der Waals surface area contributed by atoms with Crippen LogP contribution in [-0.4, -0.2) is 65.4 Å². The first-order valence-corrected chi connectivity index (χ1v) is 16.2. The Kier molecular flexibility index (Phi) is 7.74. The second kappa shape index (κ2) is 11.0. The quantitative estimate of drug-likeness (QED) is 0.457. The highest BCUT2D eigenvalue weighted by Gasteiger charge is 2.70. The number of nitrogens with one attached hydrogen (secondary N) is 2. The van der Waals surface area contributed by atoms with E-state index in [0.717, 1.165) is 76.6 Å². The van der Waals surface area contributed by atoms with Gasteiger partial charge in [-0.25, -0.2) is 9.59 Å². The van der Waals surface area contributed by atoms with Crippen molar-refractivity contribution in [3.05, 3.63) is 34.4 Å². The average molecular weight is 584 g/mol. The maximum absolute atomic E-state index is 13.3. The van der Waals surface area contributed by atoms with Gasteiger partial charge in [0.25, 0.3) is 0 Å². The number of amides is 2. The molecular weight excluding hydrogens is 534 g/mol. The van der Waals surface area contributed by atoms with Gasteiger partial charge in [-0.3, -0.25) is 4.79 Å². The second-order valence-electron chi connectivity index (χ2n) is 14.6. The summed E-state index contributed by atoms with van der Waals surface area (Å²) >= 11 is 0. The van der Waals surface area contributed by atoms with Gasteiger partial charge >= 0.3 is 17.6 Å². The molecule has 1 unspecified atom stereocenters. The Labute approximate surface area is 249 Å². The summed E-state index contributed by atoms with van der Waals surface area (Å²) in [6, 6.07) is 3.63. The minimum absolute atomic E-state index is 0.0708. The number of carbonyl (C=O) groups excluding carboxylic acids is 2. The van der Waals surface area contributed by atoms with Gasteiger partial charge in [-0.05, 0) is 99.6 Å². The van der Waals surface area contributed by atoms with Crippen LogP contribution >= 0.6 is 0 Å². The third-order valence-electron chi connectivity index (χ3n) is 12.6. The number of carbonyl (C=O) groups is 2. The van der Waals surface area contributed by atoms with Gasteiger partial charge in [0.2, 0.25) is 0 Å². The fraction of sp³-hybridized carbons (Fsp3) is 0.788. The summed E-state index contributed by atoms with van der Waals surface area (Å²) in [5.74, 6) is 0.372. The Morgan fingerprint density at radius 3 is 2.69 bits per heavy atom. The Morgan fingerprint density at radius 2 is 1.95 bits per heavy atom. The SMILES string of the molecule is CC(=O)O[C@H]1C[C@]2(O)[C@@H]3CC[C@@H]4C[C@@H](NC(=O)N5CCCNCC5C)CC[C@]4(C)[C@H]3CC[C@]2(C)[C@H]1c1ccc(=O)oc1. The lowest BCUT2D eigenvalue weighted by molar-refractivity contribution is -0.202. The maximum atomic E-state index is 13.3. The van der Waals surface area contributed by atoms with Crippen molar-refractivity contribution >= 4 is 12.0 Å². The number of hydrogen-bond donors (Lipinski definition) is 3. The van der Waals surface area contributed by atoms with Gasteiger partial charge in [0, 0.05) is 55.9 Å². The van der Waals surface area contributed by atoms with E-state index in [2.05, 4.69) is 31.4 Å². The minimum Gasteiger partial charge on any atom is -0.462 e. The minimum atomic E-state index is -0.993. The predicted molar refractivity (Wildman–Crippen MR) is 158 cm³/mol. The molecule has 5 aliphatic rings. The molecule has 0 bridgehead atoms. The lowest BCUT2D eigenvalue weighted by atomic mass is 9.43. The van der Waals surface area contributed by atoms with E-state index in [9.17, 15) is 19.5 Å². The number of urea groups is 1. The van der Waals surface area contributed by atoms with E-state index in [4.69, 9.17) is 9.15 Å². The molecule has 9 heteroatoms. The van der Waals surface area contributed by atoms with Gasteiger partial charge in [0.15, 0.2) is 0 Å². The zero-order valence-electron chi connectivity index (χ0n) is 25.7. The maximum Gasteiger partial charge on any atom is 0.335 e. The number of esters is 1. The molecule has 10 atom stereocenters. The molecule has 0 aromatic carbocycles. The van der Waals surface area contributed by atoms with E-state index < -0.39 is 22.7 Å². The first-order chi connectivity index (χ1) is 20.0. The highest BCUT2D eigenvalue weighted by atomic mass is 16.5. The average Bonchev–Trinajstić information content (AvgIpc) is 3.04. The van der Waals surface area contributed by atoms with Crippen molar-refractivity contribution in [3.8, 4) is 0 Å². The van der Waals surface area contributed by atoms with E-state index in [1.54, 1.807) is 6.07 Å². The molecule has 1 saturated heterocycles. The summed E-state index contributed by atoms with van der Waals surface area (Å²) in [7, 11) is 0.